The molecule has 1 aliphatic rings. The zero-order chi connectivity index (χ0) is 19.1. The highest BCUT2D eigenvalue weighted by Crippen LogP contribution is 2.40. The van der Waals surface area contributed by atoms with Crippen LogP contribution in [-0.2, 0) is 0 Å². The van der Waals surface area contributed by atoms with Crippen LogP contribution in [0.2, 0.25) is 0 Å². The highest BCUT2D eigenvalue weighted by atomic mass is 19.2. The van der Waals surface area contributed by atoms with Gasteiger partial charge in [-0.25, -0.2) is 8.78 Å². The van der Waals surface area contributed by atoms with Crippen molar-refractivity contribution in [2.45, 2.75) is 31.6 Å². The molecule has 7 heteroatoms. The molecule has 0 radical (unpaired) electrons. The van der Waals surface area contributed by atoms with Gasteiger partial charge in [-0.2, -0.15) is 5.26 Å². The summed E-state index contributed by atoms with van der Waals surface area (Å²) < 4.78 is 32.3. The number of aliphatic hydroxyl groups excluding tert-OH is 1. The molecule has 1 aliphatic heterocycles. The molecule has 134 valence electrons. The molecule has 1 unspecified atom stereocenters. The Balaban J connectivity index is 1.91. The van der Waals surface area contributed by atoms with Crippen LogP contribution in [0, 0.1) is 23.0 Å². The van der Waals surface area contributed by atoms with Crippen LogP contribution < -0.4 is 10.1 Å². The van der Waals surface area contributed by atoms with Gasteiger partial charge in [0.1, 0.15) is 17.5 Å². The predicted molar refractivity (Wildman–Crippen MR) is 88.4 cm³/mol. The monoisotopic (exact) mass is 358 g/mol. The molecule has 1 heterocycles. The minimum Gasteiger partial charge on any atom is -0.485 e. The highest BCUT2D eigenvalue weighted by Gasteiger charge is 2.44. The van der Waals surface area contributed by atoms with Gasteiger partial charge in [-0.15, -0.1) is 0 Å². The fourth-order valence-electron chi connectivity index (χ4n) is 2.96. The molecule has 5 nitrogen and oxygen atoms in total. The van der Waals surface area contributed by atoms with Crippen molar-refractivity contribution in [1.82, 2.24) is 5.32 Å². The van der Waals surface area contributed by atoms with Crippen LogP contribution in [0.5, 0.6) is 5.75 Å². The van der Waals surface area contributed by atoms with E-state index in [1.54, 1.807) is 26.0 Å². The van der Waals surface area contributed by atoms with Crippen molar-refractivity contribution >= 4 is 5.91 Å². The molecule has 0 saturated carbocycles. The summed E-state index contributed by atoms with van der Waals surface area (Å²) in [7, 11) is 0. The van der Waals surface area contributed by atoms with Crippen LogP contribution in [0.1, 0.15) is 41.4 Å². The largest absolute Gasteiger partial charge is 0.485 e. The second kappa shape index (κ2) is 6.39. The molecule has 26 heavy (non-hydrogen) atoms. The third-order valence-electron chi connectivity index (χ3n) is 4.36. The van der Waals surface area contributed by atoms with E-state index < -0.39 is 35.3 Å². The summed E-state index contributed by atoms with van der Waals surface area (Å²) in [6.07, 6.45) is -1.14. The van der Waals surface area contributed by atoms with Gasteiger partial charge >= 0.3 is 0 Å². The molecule has 0 saturated heterocycles. The van der Waals surface area contributed by atoms with E-state index in [1.807, 2.05) is 6.07 Å². The standard InChI is InChI=1S/C19H16F2N2O3/c1-19(2)17(23-18(25)11-4-5-13(20)14(21)8-11)16(24)12-7-10(9-22)3-6-15(12)26-19/h3-8,16-17,24H,1-2H3,(H,23,25)/t16?,17-/m0/s1. The van der Waals surface area contributed by atoms with E-state index in [9.17, 15) is 18.7 Å². The number of halogens is 2. The zero-order valence-corrected chi connectivity index (χ0v) is 14.1. The Labute approximate surface area is 148 Å². The molecule has 3 rings (SSSR count). The van der Waals surface area contributed by atoms with Crippen molar-refractivity contribution < 1.29 is 23.4 Å². The van der Waals surface area contributed by atoms with E-state index in [2.05, 4.69) is 5.32 Å². The first-order valence-corrected chi connectivity index (χ1v) is 7.90. The van der Waals surface area contributed by atoms with E-state index in [1.165, 1.54) is 6.07 Å². The minimum atomic E-state index is -1.14. The van der Waals surface area contributed by atoms with Gasteiger partial charge in [0.15, 0.2) is 11.6 Å². The average Bonchev–Trinajstić information content (AvgIpc) is 2.60. The third kappa shape index (κ3) is 3.11. The maximum Gasteiger partial charge on any atom is 0.251 e. The predicted octanol–water partition coefficient (Wildman–Crippen LogP) is 2.84. The molecule has 0 aliphatic carbocycles. The first-order chi connectivity index (χ1) is 12.2. The third-order valence-corrected chi connectivity index (χ3v) is 4.36. The number of nitrogens with zero attached hydrogens (tertiary/aromatic N) is 1. The Morgan fingerprint density at radius 2 is 1.96 bits per heavy atom. The van der Waals surface area contributed by atoms with Gasteiger partial charge in [-0.05, 0) is 50.2 Å². The lowest BCUT2D eigenvalue weighted by atomic mass is 9.85. The number of fused-ring (bicyclic) bond motifs is 1. The Morgan fingerprint density at radius 3 is 2.62 bits per heavy atom. The van der Waals surface area contributed by atoms with Crippen molar-refractivity contribution in [2.24, 2.45) is 0 Å². The van der Waals surface area contributed by atoms with E-state index >= 15 is 0 Å². The first kappa shape index (κ1) is 17.8. The van der Waals surface area contributed by atoms with E-state index in [0.717, 1.165) is 18.2 Å². The number of nitriles is 1. The van der Waals surface area contributed by atoms with Gasteiger partial charge in [0, 0.05) is 11.1 Å². The summed E-state index contributed by atoms with van der Waals surface area (Å²) in [6.45, 7) is 3.38. The second-order valence-electron chi connectivity index (χ2n) is 6.59. The summed E-state index contributed by atoms with van der Waals surface area (Å²) in [5.41, 5.74) is -0.339. The molecule has 2 atom stereocenters. The number of aliphatic hydroxyl groups is 1. The maximum absolute atomic E-state index is 13.4. The number of hydrogen-bond acceptors (Lipinski definition) is 4. The zero-order valence-electron chi connectivity index (χ0n) is 14.1. The van der Waals surface area contributed by atoms with Gasteiger partial charge in [0.25, 0.3) is 5.91 Å². The number of nitrogens with one attached hydrogen (secondary N) is 1. The first-order valence-electron chi connectivity index (χ1n) is 7.90. The molecule has 0 fully saturated rings. The van der Waals surface area contributed by atoms with Crippen LogP contribution in [0.15, 0.2) is 36.4 Å². The topological polar surface area (TPSA) is 82.3 Å². The summed E-state index contributed by atoms with van der Waals surface area (Å²) in [5.74, 6) is -2.45. The van der Waals surface area contributed by atoms with Gasteiger partial charge < -0.3 is 15.2 Å². The summed E-state index contributed by atoms with van der Waals surface area (Å²) in [5, 5.41) is 22.4. The summed E-state index contributed by atoms with van der Waals surface area (Å²) >= 11 is 0. The molecule has 1 amide bonds. The van der Waals surface area contributed by atoms with Crippen molar-refractivity contribution in [3.63, 3.8) is 0 Å². The van der Waals surface area contributed by atoms with Crippen LogP contribution in [-0.4, -0.2) is 22.7 Å². The highest BCUT2D eigenvalue weighted by molar-refractivity contribution is 5.94. The number of benzene rings is 2. The molecule has 0 bridgehead atoms. The van der Waals surface area contributed by atoms with E-state index in [4.69, 9.17) is 10.00 Å². The lowest BCUT2D eigenvalue weighted by Crippen LogP contribution is -2.57. The number of ether oxygens (including phenoxy) is 1. The number of rotatable bonds is 2. The number of hydrogen-bond donors (Lipinski definition) is 2. The maximum atomic E-state index is 13.4. The number of amides is 1. The van der Waals surface area contributed by atoms with E-state index in [-0.39, 0.29) is 5.56 Å². The minimum absolute atomic E-state index is 0.0801. The van der Waals surface area contributed by atoms with Crippen LogP contribution >= 0.6 is 0 Å². The average molecular weight is 358 g/mol. The molecule has 2 aromatic rings. The lowest BCUT2D eigenvalue weighted by molar-refractivity contribution is -0.0253. The molecule has 2 aromatic carbocycles. The molecule has 0 aromatic heterocycles. The Hall–Kier alpha value is -2.98. The van der Waals surface area contributed by atoms with Crippen LogP contribution in [0.25, 0.3) is 0 Å². The van der Waals surface area contributed by atoms with Crippen LogP contribution in [0.4, 0.5) is 8.78 Å². The SMILES string of the molecule is CC1(C)Oc2ccc(C#N)cc2C(O)[C@@H]1NC(=O)c1ccc(F)c(F)c1. The normalized spacial score (nSPS) is 20.5. The smallest absolute Gasteiger partial charge is 0.251 e. The van der Waals surface area contributed by atoms with Crippen molar-refractivity contribution in [3.8, 4) is 11.8 Å². The second-order valence-corrected chi connectivity index (χ2v) is 6.59. The van der Waals surface area contributed by atoms with Gasteiger partial charge in [0.2, 0.25) is 0 Å². The fraction of sp³-hybridized carbons (Fsp3) is 0.263. The Bertz CT molecular complexity index is 921. The molecular formula is C19H16F2N2O3. The quantitative estimate of drug-likeness (QED) is 0.865. The Kier molecular flexibility index (Phi) is 4.38. The van der Waals surface area contributed by atoms with Crippen molar-refractivity contribution in [3.05, 3.63) is 64.7 Å². The molecule has 0 spiro atoms. The van der Waals surface area contributed by atoms with Crippen molar-refractivity contribution in [2.75, 3.05) is 0 Å². The number of carbonyl (C=O) groups excluding carboxylic acids is 1. The number of carbonyl (C=O) groups is 1. The summed E-state index contributed by atoms with van der Waals surface area (Å²) in [6, 6.07) is 8.56. The fourth-order valence-corrected chi connectivity index (χ4v) is 2.96. The molecule has 2 N–H and O–H groups in total. The van der Waals surface area contributed by atoms with Crippen LogP contribution in [0.3, 0.4) is 0 Å². The summed E-state index contributed by atoms with van der Waals surface area (Å²) in [4.78, 5) is 12.4. The van der Waals surface area contributed by atoms with Crippen molar-refractivity contribution in [1.29, 1.82) is 5.26 Å². The van der Waals surface area contributed by atoms with E-state index in [0.29, 0.717) is 16.9 Å². The van der Waals surface area contributed by atoms with Gasteiger partial charge in [-0.3, -0.25) is 4.79 Å². The van der Waals surface area contributed by atoms with Gasteiger partial charge in [-0.1, -0.05) is 0 Å². The lowest BCUT2D eigenvalue weighted by Gasteiger charge is -2.43. The molecular weight excluding hydrogens is 342 g/mol. The Morgan fingerprint density at radius 1 is 1.23 bits per heavy atom. The van der Waals surface area contributed by atoms with Gasteiger partial charge in [0.05, 0.1) is 17.7 Å².